The van der Waals surface area contributed by atoms with E-state index in [1.165, 1.54) is 5.56 Å². The van der Waals surface area contributed by atoms with Gasteiger partial charge in [-0.15, -0.1) is 0 Å². The lowest BCUT2D eigenvalue weighted by Gasteiger charge is -2.15. The summed E-state index contributed by atoms with van der Waals surface area (Å²) in [6.07, 6.45) is 3.32. The molecule has 0 spiro atoms. The minimum absolute atomic E-state index is 0.630. The standard InChI is InChI=1S/C14H23NO/c1-4-11(5-2)10-16-14-8-7-12(6-3)9-13(14)15/h7-9,11H,4-6,10,15H2,1-3H3. The van der Waals surface area contributed by atoms with E-state index in [4.69, 9.17) is 10.5 Å². The van der Waals surface area contributed by atoms with E-state index in [1.807, 2.05) is 12.1 Å². The summed E-state index contributed by atoms with van der Waals surface area (Å²) in [7, 11) is 0. The normalized spacial score (nSPS) is 10.8. The third-order valence-electron chi connectivity index (χ3n) is 3.11. The van der Waals surface area contributed by atoms with Crippen molar-refractivity contribution >= 4 is 5.69 Å². The number of rotatable bonds is 6. The van der Waals surface area contributed by atoms with E-state index >= 15 is 0 Å². The van der Waals surface area contributed by atoms with Crippen LogP contribution in [0.3, 0.4) is 0 Å². The van der Waals surface area contributed by atoms with Gasteiger partial charge in [-0.1, -0.05) is 39.7 Å². The molecule has 0 amide bonds. The summed E-state index contributed by atoms with van der Waals surface area (Å²) < 4.78 is 5.76. The highest BCUT2D eigenvalue weighted by molar-refractivity contribution is 5.54. The largest absolute Gasteiger partial charge is 0.491 e. The molecule has 0 heterocycles. The van der Waals surface area contributed by atoms with Gasteiger partial charge in [0.15, 0.2) is 0 Å². The van der Waals surface area contributed by atoms with Crippen molar-refractivity contribution in [1.82, 2.24) is 0 Å². The molecule has 0 aromatic heterocycles. The fourth-order valence-corrected chi connectivity index (χ4v) is 1.68. The van der Waals surface area contributed by atoms with Gasteiger partial charge in [0.2, 0.25) is 0 Å². The predicted molar refractivity (Wildman–Crippen MR) is 69.8 cm³/mol. The molecular formula is C14H23NO. The third kappa shape index (κ3) is 3.44. The molecule has 0 radical (unpaired) electrons. The van der Waals surface area contributed by atoms with Gasteiger partial charge in [-0.05, 0) is 30.0 Å². The van der Waals surface area contributed by atoms with Crippen molar-refractivity contribution in [1.29, 1.82) is 0 Å². The van der Waals surface area contributed by atoms with Crippen LogP contribution in [-0.4, -0.2) is 6.61 Å². The molecule has 0 aliphatic carbocycles. The number of nitrogen functional groups attached to an aromatic ring is 1. The maximum absolute atomic E-state index is 5.94. The van der Waals surface area contributed by atoms with Gasteiger partial charge in [0, 0.05) is 0 Å². The molecule has 16 heavy (non-hydrogen) atoms. The lowest BCUT2D eigenvalue weighted by atomic mass is 10.1. The molecule has 1 aromatic carbocycles. The van der Waals surface area contributed by atoms with Gasteiger partial charge in [0.05, 0.1) is 12.3 Å². The van der Waals surface area contributed by atoms with E-state index in [0.717, 1.165) is 37.3 Å². The SMILES string of the molecule is CCc1ccc(OCC(CC)CC)c(N)c1. The first-order valence-electron chi connectivity index (χ1n) is 6.22. The van der Waals surface area contributed by atoms with Crippen LogP contribution in [-0.2, 0) is 6.42 Å². The fourth-order valence-electron chi connectivity index (χ4n) is 1.68. The second kappa shape index (κ2) is 6.41. The Hall–Kier alpha value is -1.18. The topological polar surface area (TPSA) is 35.2 Å². The van der Waals surface area contributed by atoms with E-state index in [1.54, 1.807) is 0 Å². The fraction of sp³-hybridized carbons (Fsp3) is 0.571. The van der Waals surface area contributed by atoms with Crippen LogP contribution in [0.5, 0.6) is 5.75 Å². The van der Waals surface area contributed by atoms with Crippen LogP contribution >= 0.6 is 0 Å². The van der Waals surface area contributed by atoms with Crippen LogP contribution in [0.2, 0.25) is 0 Å². The lowest BCUT2D eigenvalue weighted by Crippen LogP contribution is -2.11. The predicted octanol–water partition coefficient (Wildman–Crippen LogP) is 3.65. The summed E-state index contributed by atoms with van der Waals surface area (Å²) in [5.74, 6) is 1.45. The van der Waals surface area contributed by atoms with Gasteiger partial charge in [-0.2, -0.15) is 0 Å². The smallest absolute Gasteiger partial charge is 0.142 e. The van der Waals surface area contributed by atoms with Crippen LogP contribution in [0, 0.1) is 5.92 Å². The van der Waals surface area contributed by atoms with Crippen molar-refractivity contribution in [2.45, 2.75) is 40.0 Å². The first-order chi connectivity index (χ1) is 7.71. The Morgan fingerprint density at radius 3 is 2.38 bits per heavy atom. The maximum Gasteiger partial charge on any atom is 0.142 e. The number of anilines is 1. The molecule has 90 valence electrons. The molecular weight excluding hydrogens is 198 g/mol. The van der Waals surface area contributed by atoms with Crippen LogP contribution in [0.15, 0.2) is 18.2 Å². The van der Waals surface area contributed by atoms with E-state index in [-0.39, 0.29) is 0 Å². The Kier molecular flexibility index (Phi) is 5.17. The van der Waals surface area contributed by atoms with Crippen molar-refractivity contribution in [2.24, 2.45) is 5.92 Å². The molecule has 0 unspecified atom stereocenters. The minimum atomic E-state index is 0.630. The lowest BCUT2D eigenvalue weighted by molar-refractivity contribution is 0.241. The quantitative estimate of drug-likeness (QED) is 0.744. The summed E-state index contributed by atoms with van der Waals surface area (Å²) in [5, 5.41) is 0. The molecule has 2 nitrogen and oxygen atoms in total. The zero-order valence-electron chi connectivity index (χ0n) is 10.6. The van der Waals surface area contributed by atoms with Crippen LogP contribution < -0.4 is 10.5 Å². The average Bonchev–Trinajstić information content (AvgIpc) is 2.32. The maximum atomic E-state index is 5.94. The van der Waals surface area contributed by atoms with E-state index in [2.05, 4.69) is 26.8 Å². The van der Waals surface area contributed by atoms with E-state index in [0.29, 0.717) is 5.92 Å². The van der Waals surface area contributed by atoms with Crippen molar-refractivity contribution < 1.29 is 4.74 Å². The van der Waals surface area contributed by atoms with Crippen molar-refractivity contribution in [3.05, 3.63) is 23.8 Å². The van der Waals surface area contributed by atoms with Gasteiger partial charge >= 0.3 is 0 Å². The summed E-state index contributed by atoms with van der Waals surface area (Å²) >= 11 is 0. The summed E-state index contributed by atoms with van der Waals surface area (Å²) in [6.45, 7) is 7.28. The second-order valence-electron chi connectivity index (χ2n) is 4.22. The van der Waals surface area contributed by atoms with Crippen LogP contribution in [0.1, 0.15) is 39.2 Å². The molecule has 1 aromatic rings. The molecule has 0 aliphatic heterocycles. The summed E-state index contributed by atoms with van der Waals surface area (Å²) in [5.41, 5.74) is 7.95. The van der Waals surface area contributed by atoms with Crippen molar-refractivity contribution in [3.8, 4) is 5.75 Å². The number of benzene rings is 1. The monoisotopic (exact) mass is 221 g/mol. The van der Waals surface area contributed by atoms with Gasteiger partial charge < -0.3 is 10.5 Å². The molecule has 0 fully saturated rings. The first-order valence-corrected chi connectivity index (χ1v) is 6.22. The number of hydrogen-bond donors (Lipinski definition) is 1. The molecule has 0 saturated heterocycles. The molecule has 0 aliphatic rings. The molecule has 0 saturated carbocycles. The first kappa shape index (κ1) is 12.9. The highest BCUT2D eigenvalue weighted by Crippen LogP contribution is 2.24. The average molecular weight is 221 g/mol. The third-order valence-corrected chi connectivity index (χ3v) is 3.11. The number of aryl methyl sites for hydroxylation is 1. The zero-order chi connectivity index (χ0) is 12.0. The Bertz CT molecular complexity index is 319. The number of nitrogens with two attached hydrogens (primary N) is 1. The zero-order valence-corrected chi connectivity index (χ0v) is 10.6. The van der Waals surface area contributed by atoms with Gasteiger partial charge in [0.1, 0.15) is 5.75 Å². The Morgan fingerprint density at radius 2 is 1.88 bits per heavy atom. The number of hydrogen-bond acceptors (Lipinski definition) is 2. The molecule has 1 rings (SSSR count). The van der Waals surface area contributed by atoms with Gasteiger partial charge in [-0.3, -0.25) is 0 Å². The summed E-state index contributed by atoms with van der Waals surface area (Å²) in [6, 6.07) is 6.07. The highest BCUT2D eigenvalue weighted by atomic mass is 16.5. The molecule has 0 bridgehead atoms. The molecule has 0 atom stereocenters. The van der Waals surface area contributed by atoms with Crippen molar-refractivity contribution in [3.63, 3.8) is 0 Å². The number of ether oxygens (including phenoxy) is 1. The Morgan fingerprint density at radius 1 is 1.19 bits per heavy atom. The van der Waals surface area contributed by atoms with Gasteiger partial charge in [-0.25, -0.2) is 0 Å². The van der Waals surface area contributed by atoms with Gasteiger partial charge in [0.25, 0.3) is 0 Å². The van der Waals surface area contributed by atoms with Crippen LogP contribution in [0.4, 0.5) is 5.69 Å². The minimum Gasteiger partial charge on any atom is -0.491 e. The highest BCUT2D eigenvalue weighted by Gasteiger charge is 2.06. The Balaban J connectivity index is 2.60. The molecule has 2 N–H and O–H groups in total. The van der Waals surface area contributed by atoms with E-state index < -0.39 is 0 Å². The van der Waals surface area contributed by atoms with E-state index in [9.17, 15) is 0 Å². The van der Waals surface area contributed by atoms with Crippen LogP contribution in [0.25, 0.3) is 0 Å². The second-order valence-corrected chi connectivity index (χ2v) is 4.22. The van der Waals surface area contributed by atoms with Crippen molar-refractivity contribution in [2.75, 3.05) is 12.3 Å². The Labute approximate surface area is 98.8 Å². The summed E-state index contributed by atoms with van der Waals surface area (Å²) in [4.78, 5) is 0. The molecule has 2 heteroatoms.